The van der Waals surface area contributed by atoms with Gasteiger partial charge in [0.1, 0.15) is 0 Å². The molecule has 0 spiro atoms. The number of ketones is 1. The van der Waals surface area contributed by atoms with Crippen LogP contribution in [0.2, 0.25) is 5.02 Å². The van der Waals surface area contributed by atoms with Crippen LogP contribution in [-0.2, 0) is 0 Å². The lowest BCUT2D eigenvalue weighted by molar-refractivity contribution is 0.101. The second kappa shape index (κ2) is 4.85. The molecule has 0 fully saturated rings. The second-order valence-corrected chi connectivity index (χ2v) is 5.42. The molecule has 0 saturated carbocycles. The van der Waals surface area contributed by atoms with Crippen LogP contribution in [0, 0.1) is 0 Å². The molecule has 3 heteroatoms. The van der Waals surface area contributed by atoms with Gasteiger partial charge < -0.3 is 0 Å². The summed E-state index contributed by atoms with van der Waals surface area (Å²) in [5.41, 5.74) is 0.597. The minimum atomic E-state index is 0.0103. The van der Waals surface area contributed by atoms with Crippen LogP contribution in [0.15, 0.2) is 23.1 Å². The Morgan fingerprint density at radius 2 is 2.07 bits per heavy atom. The Kier molecular flexibility index (Phi) is 4.02. The molecule has 1 aromatic rings. The number of thioether (sulfide) groups is 1. The number of carbonyl (C=O) groups excluding carboxylic acids is 1. The zero-order chi connectivity index (χ0) is 10.7. The lowest BCUT2D eigenvalue weighted by Gasteiger charge is -2.06. The number of benzene rings is 1. The van der Waals surface area contributed by atoms with Crippen LogP contribution in [0.25, 0.3) is 0 Å². The van der Waals surface area contributed by atoms with Crippen molar-refractivity contribution in [3.8, 4) is 0 Å². The first-order valence-electron chi connectivity index (χ1n) is 4.48. The summed E-state index contributed by atoms with van der Waals surface area (Å²) in [6, 6.07) is 5.58. The minimum Gasteiger partial charge on any atom is -0.294 e. The zero-order valence-corrected chi connectivity index (χ0v) is 10.1. The highest BCUT2D eigenvalue weighted by Crippen LogP contribution is 2.27. The van der Waals surface area contributed by atoms with E-state index in [1.165, 1.54) is 6.92 Å². The molecule has 1 rings (SSSR count). The molecule has 76 valence electrons. The summed E-state index contributed by atoms with van der Waals surface area (Å²) in [4.78, 5) is 12.2. The molecule has 14 heavy (non-hydrogen) atoms. The van der Waals surface area contributed by atoms with Crippen molar-refractivity contribution >= 4 is 29.1 Å². The average molecular weight is 229 g/mol. The average Bonchev–Trinajstić information content (AvgIpc) is 2.01. The largest absolute Gasteiger partial charge is 0.294 e. The Hall–Kier alpha value is -0.470. The van der Waals surface area contributed by atoms with Gasteiger partial charge in [-0.2, -0.15) is 0 Å². The fraction of sp³-hybridized carbons (Fsp3) is 0.364. The van der Waals surface area contributed by atoms with Gasteiger partial charge in [-0.3, -0.25) is 4.79 Å². The van der Waals surface area contributed by atoms with Crippen molar-refractivity contribution in [1.29, 1.82) is 0 Å². The first-order valence-corrected chi connectivity index (χ1v) is 5.73. The molecule has 0 unspecified atom stereocenters. The van der Waals surface area contributed by atoms with Crippen LogP contribution in [0.4, 0.5) is 0 Å². The maximum Gasteiger partial charge on any atom is 0.161 e. The summed E-state index contributed by atoms with van der Waals surface area (Å²) >= 11 is 7.71. The predicted molar refractivity (Wildman–Crippen MR) is 62.4 cm³/mol. The molecule has 0 bridgehead atoms. The van der Waals surface area contributed by atoms with E-state index in [-0.39, 0.29) is 5.78 Å². The van der Waals surface area contributed by atoms with E-state index in [1.54, 1.807) is 17.8 Å². The molecule has 0 aromatic heterocycles. The Morgan fingerprint density at radius 3 is 2.50 bits per heavy atom. The summed E-state index contributed by atoms with van der Waals surface area (Å²) in [5, 5.41) is 1.07. The molecule has 1 aromatic carbocycles. The van der Waals surface area contributed by atoms with Crippen molar-refractivity contribution in [2.75, 3.05) is 0 Å². The Bertz CT molecular complexity index is 347. The fourth-order valence-corrected chi connectivity index (χ4v) is 2.38. The quantitative estimate of drug-likeness (QED) is 0.574. The van der Waals surface area contributed by atoms with E-state index >= 15 is 0 Å². The summed E-state index contributed by atoms with van der Waals surface area (Å²) in [6.07, 6.45) is 0. The molecule has 0 aliphatic carbocycles. The minimum absolute atomic E-state index is 0.0103. The third-order valence-electron chi connectivity index (χ3n) is 1.69. The van der Waals surface area contributed by atoms with Crippen LogP contribution >= 0.6 is 23.4 Å². The molecular weight excluding hydrogens is 216 g/mol. The van der Waals surface area contributed by atoms with Gasteiger partial charge in [0.15, 0.2) is 5.78 Å². The third-order valence-corrected chi connectivity index (χ3v) is 3.00. The Labute approximate surface area is 93.8 Å². The number of carbonyl (C=O) groups is 1. The van der Waals surface area contributed by atoms with Crippen molar-refractivity contribution < 1.29 is 4.79 Å². The number of halogens is 1. The van der Waals surface area contributed by atoms with Crippen molar-refractivity contribution in [1.82, 2.24) is 0 Å². The van der Waals surface area contributed by atoms with E-state index in [4.69, 9.17) is 11.6 Å². The fourth-order valence-electron chi connectivity index (χ4n) is 1.13. The van der Waals surface area contributed by atoms with Gasteiger partial charge in [0.05, 0.1) is 5.02 Å². The SMILES string of the molecule is CC(=O)c1ccc(SC(C)C)cc1Cl. The standard InChI is InChI=1S/C11H13ClOS/c1-7(2)14-9-4-5-10(8(3)13)11(12)6-9/h4-7H,1-3H3. The lowest BCUT2D eigenvalue weighted by Crippen LogP contribution is -1.94. The van der Waals surface area contributed by atoms with E-state index in [1.807, 2.05) is 12.1 Å². The van der Waals surface area contributed by atoms with Gasteiger partial charge in [-0.25, -0.2) is 0 Å². The van der Waals surface area contributed by atoms with Crippen molar-refractivity contribution in [2.45, 2.75) is 30.9 Å². The summed E-state index contributed by atoms with van der Waals surface area (Å²) in [7, 11) is 0. The highest BCUT2D eigenvalue weighted by atomic mass is 35.5. The number of hydrogen-bond donors (Lipinski definition) is 0. The third kappa shape index (κ3) is 3.03. The monoisotopic (exact) mass is 228 g/mol. The number of Topliss-reactive ketones (excluding diaryl/α,β-unsaturated/α-hetero) is 1. The molecule has 0 N–H and O–H groups in total. The highest BCUT2D eigenvalue weighted by molar-refractivity contribution is 7.99. The van der Waals surface area contributed by atoms with E-state index in [2.05, 4.69) is 13.8 Å². The second-order valence-electron chi connectivity index (χ2n) is 3.36. The Balaban J connectivity index is 2.94. The maximum absolute atomic E-state index is 11.1. The van der Waals surface area contributed by atoms with Gasteiger partial charge in [-0.15, -0.1) is 11.8 Å². The van der Waals surface area contributed by atoms with Crippen molar-refractivity contribution in [3.05, 3.63) is 28.8 Å². The summed E-state index contributed by atoms with van der Waals surface area (Å²) in [6.45, 7) is 5.77. The van der Waals surface area contributed by atoms with Crippen molar-refractivity contribution in [2.24, 2.45) is 0 Å². The van der Waals surface area contributed by atoms with Crippen LogP contribution in [0.1, 0.15) is 31.1 Å². The van der Waals surface area contributed by atoms with Crippen LogP contribution in [0.5, 0.6) is 0 Å². The molecule has 0 saturated heterocycles. The number of hydrogen-bond acceptors (Lipinski definition) is 2. The van der Waals surface area contributed by atoms with Gasteiger partial charge in [-0.05, 0) is 25.1 Å². The lowest BCUT2D eigenvalue weighted by atomic mass is 10.1. The van der Waals surface area contributed by atoms with Crippen LogP contribution < -0.4 is 0 Å². The smallest absolute Gasteiger partial charge is 0.161 e. The summed E-state index contributed by atoms with van der Waals surface area (Å²) < 4.78 is 0. The maximum atomic E-state index is 11.1. The first-order chi connectivity index (χ1) is 6.50. The highest BCUT2D eigenvalue weighted by Gasteiger charge is 2.07. The van der Waals surface area contributed by atoms with Crippen LogP contribution in [0.3, 0.4) is 0 Å². The van der Waals surface area contributed by atoms with E-state index in [0.29, 0.717) is 15.8 Å². The molecule has 0 heterocycles. The van der Waals surface area contributed by atoms with E-state index in [0.717, 1.165) is 4.90 Å². The topological polar surface area (TPSA) is 17.1 Å². The van der Waals surface area contributed by atoms with Gasteiger partial charge in [-0.1, -0.05) is 25.4 Å². The molecule has 0 aliphatic heterocycles. The van der Waals surface area contributed by atoms with Crippen molar-refractivity contribution in [3.63, 3.8) is 0 Å². The predicted octanol–water partition coefficient (Wildman–Crippen LogP) is 4.04. The molecule has 0 atom stereocenters. The molecule has 0 aliphatic rings. The van der Waals surface area contributed by atoms with Gasteiger partial charge >= 0.3 is 0 Å². The Morgan fingerprint density at radius 1 is 1.43 bits per heavy atom. The molecule has 0 amide bonds. The first kappa shape index (κ1) is 11.6. The van der Waals surface area contributed by atoms with Crippen LogP contribution in [-0.4, -0.2) is 11.0 Å². The van der Waals surface area contributed by atoms with Gasteiger partial charge in [0.25, 0.3) is 0 Å². The number of rotatable bonds is 3. The van der Waals surface area contributed by atoms with E-state index in [9.17, 15) is 4.79 Å². The molecule has 1 nitrogen and oxygen atoms in total. The van der Waals surface area contributed by atoms with Gasteiger partial charge in [0, 0.05) is 15.7 Å². The normalized spacial score (nSPS) is 10.6. The zero-order valence-electron chi connectivity index (χ0n) is 8.50. The van der Waals surface area contributed by atoms with Gasteiger partial charge in [0.2, 0.25) is 0 Å². The van der Waals surface area contributed by atoms with E-state index < -0.39 is 0 Å². The summed E-state index contributed by atoms with van der Waals surface area (Å²) in [5.74, 6) is 0.0103. The molecule has 0 radical (unpaired) electrons. The molecular formula is C11H13ClOS.